The van der Waals surface area contributed by atoms with Crippen LogP contribution in [0.3, 0.4) is 0 Å². The average Bonchev–Trinajstić information content (AvgIpc) is 2.64. The van der Waals surface area contributed by atoms with Crippen molar-refractivity contribution in [1.29, 1.82) is 0 Å². The summed E-state index contributed by atoms with van der Waals surface area (Å²) in [4.78, 5) is 51.0. The lowest BCUT2D eigenvalue weighted by Crippen LogP contribution is -2.37. The number of nitrogens with one attached hydrogen (secondary N) is 2. The Morgan fingerprint density at radius 2 is 1.96 bits per heavy atom. The summed E-state index contributed by atoms with van der Waals surface area (Å²) in [6.07, 6.45) is 0. The van der Waals surface area contributed by atoms with Gasteiger partial charge in [-0.25, -0.2) is 9.78 Å². The van der Waals surface area contributed by atoms with Gasteiger partial charge in [0.05, 0.1) is 23.1 Å². The van der Waals surface area contributed by atoms with Crippen molar-refractivity contribution in [2.45, 2.75) is 20.4 Å². The Morgan fingerprint density at radius 1 is 1.23 bits per heavy atom. The molecule has 2 rings (SSSR count). The van der Waals surface area contributed by atoms with Crippen LogP contribution < -0.4 is 16.2 Å². The first-order chi connectivity index (χ1) is 12.4. The van der Waals surface area contributed by atoms with Crippen LogP contribution >= 0.6 is 0 Å². The summed E-state index contributed by atoms with van der Waals surface area (Å²) in [5, 5.41) is 4.67. The molecule has 0 fully saturated rings. The normalized spacial score (nSPS) is 10.4. The maximum Gasteiger partial charge on any atom is 0.338 e. The van der Waals surface area contributed by atoms with Gasteiger partial charge in [-0.1, -0.05) is 0 Å². The van der Waals surface area contributed by atoms with Crippen LogP contribution in [0.25, 0.3) is 11.0 Å². The van der Waals surface area contributed by atoms with E-state index in [9.17, 15) is 19.2 Å². The van der Waals surface area contributed by atoms with Crippen molar-refractivity contribution >= 4 is 28.8 Å². The van der Waals surface area contributed by atoms with Crippen LogP contribution in [-0.4, -0.2) is 47.5 Å². The number of benzene rings is 1. The van der Waals surface area contributed by atoms with Crippen LogP contribution in [0.15, 0.2) is 23.0 Å². The van der Waals surface area contributed by atoms with Crippen LogP contribution in [0.1, 0.15) is 23.0 Å². The van der Waals surface area contributed by atoms with E-state index in [1.54, 1.807) is 17.6 Å². The summed E-state index contributed by atoms with van der Waals surface area (Å²) in [5.74, 6) is -1.64. The minimum absolute atomic E-state index is 0.178. The monoisotopic (exact) mass is 360 g/mol. The molecule has 0 saturated carbocycles. The lowest BCUT2D eigenvalue weighted by atomic mass is 10.2. The van der Waals surface area contributed by atoms with Gasteiger partial charge in [0, 0.05) is 13.6 Å². The molecule has 0 saturated heterocycles. The van der Waals surface area contributed by atoms with Gasteiger partial charge in [-0.2, -0.15) is 0 Å². The number of aromatic nitrogens is 2. The topological polar surface area (TPSA) is 119 Å². The zero-order chi connectivity index (χ0) is 19.3. The molecule has 138 valence electrons. The van der Waals surface area contributed by atoms with Gasteiger partial charge in [-0.05, 0) is 32.0 Å². The number of hydrogen-bond acceptors (Lipinski definition) is 6. The Balaban J connectivity index is 2.11. The number of nitrogens with zero attached hydrogens (tertiary/aromatic N) is 2. The summed E-state index contributed by atoms with van der Waals surface area (Å²) in [7, 11) is 1.45. The van der Waals surface area contributed by atoms with Crippen molar-refractivity contribution in [3.63, 3.8) is 0 Å². The number of esters is 1. The number of ether oxygens (including phenoxy) is 1. The second-order valence-electron chi connectivity index (χ2n) is 5.48. The van der Waals surface area contributed by atoms with E-state index in [-0.39, 0.29) is 23.6 Å². The molecule has 1 aromatic carbocycles. The van der Waals surface area contributed by atoms with Gasteiger partial charge in [-0.15, -0.1) is 0 Å². The standard InChI is InChI=1S/C17H20N4O5/c1-4-21-13-6-5-11(7-12(13)20-10(2)16(21)24)17(25)26-9-15(23)19-8-14(22)18-3/h5-7H,4,8-9H2,1-3H3,(H,18,22)(H,19,23). The maximum absolute atomic E-state index is 12.1. The molecule has 0 aliphatic carbocycles. The van der Waals surface area contributed by atoms with Crippen molar-refractivity contribution in [2.24, 2.45) is 0 Å². The third kappa shape index (κ3) is 4.24. The summed E-state index contributed by atoms with van der Waals surface area (Å²) < 4.78 is 6.50. The van der Waals surface area contributed by atoms with Crippen molar-refractivity contribution in [3.8, 4) is 0 Å². The van der Waals surface area contributed by atoms with Crippen molar-refractivity contribution in [3.05, 3.63) is 39.8 Å². The molecule has 0 bridgehead atoms. The van der Waals surface area contributed by atoms with E-state index >= 15 is 0 Å². The SMILES string of the molecule is CCn1c(=O)c(C)nc2cc(C(=O)OCC(=O)NCC(=O)NC)ccc21. The second kappa shape index (κ2) is 8.24. The molecule has 9 heteroatoms. The van der Waals surface area contributed by atoms with Gasteiger partial charge in [0.2, 0.25) is 5.91 Å². The molecule has 2 aromatic rings. The number of carbonyl (C=O) groups excluding carboxylic acids is 3. The number of aryl methyl sites for hydroxylation is 2. The molecule has 0 aliphatic heterocycles. The predicted molar refractivity (Wildman–Crippen MR) is 93.8 cm³/mol. The van der Waals surface area contributed by atoms with Crippen LogP contribution in [-0.2, 0) is 20.9 Å². The zero-order valence-electron chi connectivity index (χ0n) is 14.8. The summed E-state index contributed by atoms with van der Waals surface area (Å²) in [6, 6.07) is 4.64. The molecule has 2 N–H and O–H groups in total. The van der Waals surface area contributed by atoms with Gasteiger partial charge >= 0.3 is 5.97 Å². The quantitative estimate of drug-likeness (QED) is 0.685. The lowest BCUT2D eigenvalue weighted by Gasteiger charge is -2.10. The molecule has 0 aliphatic rings. The Bertz CT molecular complexity index is 919. The van der Waals surface area contributed by atoms with Gasteiger partial charge in [0.25, 0.3) is 11.5 Å². The Morgan fingerprint density at radius 3 is 2.62 bits per heavy atom. The fraction of sp³-hybridized carbons (Fsp3) is 0.353. The van der Waals surface area contributed by atoms with Crippen LogP contribution in [0.5, 0.6) is 0 Å². The van der Waals surface area contributed by atoms with E-state index < -0.39 is 18.5 Å². The van der Waals surface area contributed by atoms with E-state index in [4.69, 9.17) is 4.74 Å². The Kier molecular flexibility index (Phi) is 6.05. The predicted octanol–water partition coefficient (Wildman–Crippen LogP) is -0.256. The smallest absolute Gasteiger partial charge is 0.338 e. The largest absolute Gasteiger partial charge is 0.452 e. The molecule has 0 unspecified atom stereocenters. The van der Waals surface area contributed by atoms with Crippen LogP contribution in [0.2, 0.25) is 0 Å². The van der Waals surface area contributed by atoms with Gasteiger partial charge < -0.3 is 19.9 Å². The van der Waals surface area contributed by atoms with Crippen molar-refractivity contribution in [1.82, 2.24) is 20.2 Å². The zero-order valence-corrected chi connectivity index (χ0v) is 14.8. The number of amides is 2. The summed E-state index contributed by atoms with van der Waals surface area (Å²) in [6.45, 7) is 3.24. The fourth-order valence-corrected chi connectivity index (χ4v) is 2.35. The number of hydrogen-bond donors (Lipinski definition) is 2. The second-order valence-corrected chi connectivity index (χ2v) is 5.48. The third-order valence-corrected chi connectivity index (χ3v) is 3.72. The highest BCUT2D eigenvalue weighted by Gasteiger charge is 2.14. The number of rotatable bonds is 6. The minimum Gasteiger partial charge on any atom is -0.452 e. The molecule has 9 nitrogen and oxygen atoms in total. The number of carbonyl (C=O) groups is 3. The Hall–Kier alpha value is -3.23. The molecule has 0 spiro atoms. The van der Waals surface area contributed by atoms with Gasteiger partial charge in [-0.3, -0.25) is 14.4 Å². The van der Waals surface area contributed by atoms with E-state index in [1.807, 2.05) is 6.92 Å². The van der Waals surface area contributed by atoms with E-state index in [0.29, 0.717) is 23.3 Å². The highest BCUT2D eigenvalue weighted by atomic mass is 16.5. The highest BCUT2D eigenvalue weighted by Crippen LogP contribution is 2.14. The van der Waals surface area contributed by atoms with Crippen LogP contribution in [0, 0.1) is 6.92 Å². The van der Waals surface area contributed by atoms with Crippen molar-refractivity contribution in [2.75, 3.05) is 20.2 Å². The van der Waals surface area contributed by atoms with Gasteiger partial charge in [0.1, 0.15) is 5.69 Å². The molecule has 1 heterocycles. The molecular formula is C17H20N4O5. The van der Waals surface area contributed by atoms with Gasteiger partial charge in [0.15, 0.2) is 6.61 Å². The van der Waals surface area contributed by atoms with Crippen LogP contribution in [0.4, 0.5) is 0 Å². The third-order valence-electron chi connectivity index (χ3n) is 3.72. The molecule has 2 amide bonds. The molecule has 26 heavy (non-hydrogen) atoms. The highest BCUT2D eigenvalue weighted by molar-refractivity contribution is 5.95. The first-order valence-corrected chi connectivity index (χ1v) is 8.03. The maximum atomic E-state index is 12.1. The first kappa shape index (κ1) is 19.1. The number of fused-ring (bicyclic) bond motifs is 1. The molecule has 1 aromatic heterocycles. The van der Waals surface area contributed by atoms with E-state index in [1.165, 1.54) is 19.2 Å². The lowest BCUT2D eigenvalue weighted by molar-refractivity contribution is -0.127. The van der Waals surface area contributed by atoms with E-state index in [0.717, 1.165) is 0 Å². The van der Waals surface area contributed by atoms with Crippen molar-refractivity contribution < 1.29 is 19.1 Å². The molecule has 0 radical (unpaired) electrons. The number of likely N-dealkylation sites (N-methyl/N-ethyl adjacent to an activating group) is 1. The first-order valence-electron chi connectivity index (χ1n) is 8.03. The fourth-order valence-electron chi connectivity index (χ4n) is 2.35. The molecular weight excluding hydrogens is 340 g/mol. The average molecular weight is 360 g/mol. The summed E-state index contributed by atoms with van der Waals surface area (Å²) >= 11 is 0. The molecule has 0 atom stereocenters. The minimum atomic E-state index is -0.698. The Labute approximate surface area is 149 Å². The summed E-state index contributed by atoms with van der Waals surface area (Å²) in [5.41, 5.74) is 1.47. The van der Waals surface area contributed by atoms with E-state index in [2.05, 4.69) is 15.6 Å².